The minimum Gasteiger partial charge on any atom is -0.396 e. The first-order chi connectivity index (χ1) is 8.32. The second kappa shape index (κ2) is 6.05. The van der Waals surface area contributed by atoms with Gasteiger partial charge in [0.05, 0.1) is 4.47 Å². The standard InChI is InChI=1S/C10H12BrF2NO3S/c1-14(5-2-6-15)18(16,17)8-4-3-7(11)9(12)10(8)13/h3-4,15H,2,5-6H2,1H3. The second-order valence-corrected chi connectivity index (χ2v) is 6.44. The third kappa shape index (κ3) is 3.05. The van der Waals surface area contributed by atoms with Crippen LogP contribution in [0.3, 0.4) is 0 Å². The van der Waals surface area contributed by atoms with Crippen LogP contribution in [0.1, 0.15) is 6.42 Å². The van der Waals surface area contributed by atoms with Crippen LogP contribution in [0, 0.1) is 11.6 Å². The molecule has 0 heterocycles. The molecule has 0 unspecified atom stereocenters. The lowest BCUT2D eigenvalue weighted by Gasteiger charge is -2.17. The molecule has 18 heavy (non-hydrogen) atoms. The van der Waals surface area contributed by atoms with Gasteiger partial charge in [-0.25, -0.2) is 21.5 Å². The molecule has 1 rings (SSSR count). The fourth-order valence-electron chi connectivity index (χ4n) is 1.29. The lowest BCUT2D eigenvalue weighted by molar-refractivity contribution is 0.275. The van der Waals surface area contributed by atoms with E-state index in [2.05, 4.69) is 15.9 Å². The van der Waals surface area contributed by atoms with Crippen molar-refractivity contribution in [2.24, 2.45) is 0 Å². The molecule has 1 aromatic rings. The Morgan fingerprint density at radius 2 is 1.94 bits per heavy atom. The van der Waals surface area contributed by atoms with Crippen molar-refractivity contribution in [2.75, 3.05) is 20.2 Å². The summed E-state index contributed by atoms with van der Waals surface area (Å²) >= 11 is 2.77. The Balaban J connectivity index is 3.17. The van der Waals surface area contributed by atoms with Crippen molar-refractivity contribution in [2.45, 2.75) is 11.3 Å². The largest absolute Gasteiger partial charge is 0.396 e. The molecule has 4 nitrogen and oxygen atoms in total. The Morgan fingerprint density at radius 1 is 1.33 bits per heavy atom. The molecule has 0 aliphatic carbocycles. The molecule has 0 bridgehead atoms. The fourth-order valence-corrected chi connectivity index (χ4v) is 2.86. The average molecular weight is 344 g/mol. The van der Waals surface area contributed by atoms with Crippen molar-refractivity contribution in [1.29, 1.82) is 0 Å². The zero-order chi connectivity index (χ0) is 13.9. The van der Waals surface area contributed by atoms with Gasteiger partial charge in [-0.3, -0.25) is 0 Å². The number of benzene rings is 1. The van der Waals surface area contributed by atoms with Gasteiger partial charge in [0.25, 0.3) is 0 Å². The predicted molar refractivity (Wildman–Crippen MR) is 65.6 cm³/mol. The molecular weight excluding hydrogens is 332 g/mol. The monoisotopic (exact) mass is 343 g/mol. The van der Waals surface area contributed by atoms with Gasteiger partial charge in [-0.1, -0.05) is 0 Å². The summed E-state index contributed by atoms with van der Waals surface area (Å²) in [6, 6.07) is 2.12. The van der Waals surface area contributed by atoms with E-state index >= 15 is 0 Å². The van der Waals surface area contributed by atoms with Gasteiger partial charge in [0, 0.05) is 20.2 Å². The summed E-state index contributed by atoms with van der Waals surface area (Å²) in [4.78, 5) is -0.719. The summed E-state index contributed by atoms with van der Waals surface area (Å²) in [5.74, 6) is -2.66. The topological polar surface area (TPSA) is 57.6 Å². The summed E-state index contributed by atoms with van der Waals surface area (Å²) < 4.78 is 51.5. The summed E-state index contributed by atoms with van der Waals surface area (Å²) in [7, 11) is -2.85. The molecule has 0 fully saturated rings. The van der Waals surface area contributed by atoms with E-state index in [0.717, 1.165) is 16.4 Å². The average Bonchev–Trinajstić information content (AvgIpc) is 2.32. The van der Waals surface area contributed by atoms with Crippen LogP contribution in [0.15, 0.2) is 21.5 Å². The Hall–Kier alpha value is -0.570. The van der Waals surface area contributed by atoms with Crippen LogP contribution in [-0.4, -0.2) is 38.0 Å². The van der Waals surface area contributed by atoms with Crippen molar-refractivity contribution in [3.63, 3.8) is 0 Å². The highest BCUT2D eigenvalue weighted by atomic mass is 79.9. The Morgan fingerprint density at radius 3 is 2.50 bits per heavy atom. The van der Waals surface area contributed by atoms with Crippen LogP contribution in [-0.2, 0) is 10.0 Å². The van der Waals surface area contributed by atoms with Gasteiger partial charge in [0.2, 0.25) is 10.0 Å². The Labute approximate surface area is 112 Å². The van der Waals surface area contributed by atoms with Crippen LogP contribution < -0.4 is 0 Å². The molecule has 1 aromatic carbocycles. The lowest BCUT2D eigenvalue weighted by atomic mass is 10.3. The maximum Gasteiger partial charge on any atom is 0.245 e. The number of nitrogens with zero attached hydrogens (tertiary/aromatic N) is 1. The van der Waals surface area contributed by atoms with Crippen molar-refractivity contribution in [1.82, 2.24) is 4.31 Å². The van der Waals surface area contributed by atoms with Gasteiger partial charge in [-0.15, -0.1) is 0 Å². The number of hydrogen-bond donors (Lipinski definition) is 1. The molecule has 0 saturated carbocycles. The number of aliphatic hydroxyl groups excluding tert-OH is 1. The quantitative estimate of drug-likeness (QED) is 0.828. The Kier molecular flexibility index (Phi) is 5.20. The highest BCUT2D eigenvalue weighted by Gasteiger charge is 2.26. The highest BCUT2D eigenvalue weighted by molar-refractivity contribution is 9.10. The first kappa shape index (κ1) is 15.5. The Bertz CT molecular complexity index is 536. The van der Waals surface area contributed by atoms with Crippen LogP contribution >= 0.6 is 15.9 Å². The zero-order valence-corrected chi connectivity index (χ0v) is 11.9. The van der Waals surface area contributed by atoms with Crippen LogP contribution in [0.4, 0.5) is 8.78 Å². The van der Waals surface area contributed by atoms with E-state index in [0.29, 0.717) is 0 Å². The van der Waals surface area contributed by atoms with Crippen molar-refractivity contribution < 1.29 is 22.3 Å². The third-order valence-electron chi connectivity index (χ3n) is 2.32. The molecule has 0 atom stereocenters. The van der Waals surface area contributed by atoms with Crippen molar-refractivity contribution >= 4 is 26.0 Å². The number of aliphatic hydroxyl groups is 1. The molecule has 0 amide bonds. The summed E-state index contributed by atoms with van der Waals surface area (Å²) in [6.07, 6.45) is 0.219. The lowest BCUT2D eigenvalue weighted by Crippen LogP contribution is -2.29. The number of halogens is 3. The fraction of sp³-hybridized carbons (Fsp3) is 0.400. The van der Waals surface area contributed by atoms with Gasteiger partial charge < -0.3 is 5.11 Å². The number of rotatable bonds is 5. The van der Waals surface area contributed by atoms with E-state index in [1.165, 1.54) is 7.05 Å². The van der Waals surface area contributed by atoms with Crippen LogP contribution in [0.5, 0.6) is 0 Å². The van der Waals surface area contributed by atoms with E-state index in [1.807, 2.05) is 0 Å². The van der Waals surface area contributed by atoms with Crippen molar-refractivity contribution in [3.05, 3.63) is 28.2 Å². The number of sulfonamides is 1. The molecule has 102 valence electrons. The first-order valence-electron chi connectivity index (χ1n) is 5.03. The second-order valence-electron chi connectivity index (χ2n) is 3.58. The van der Waals surface area contributed by atoms with E-state index in [-0.39, 0.29) is 24.0 Å². The van der Waals surface area contributed by atoms with E-state index in [1.54, 1.807) is 0 Å². The summed E-state index contributed by atoms with van der Waals surface area (Å²) in [5.41, 5.74) is 0. The number of hydrogen-bond acceptors (Lipinski definition) is 3. The van der Waals surface area contributed by atoms with Gasteiger partial charge in [0.1, 0.15) is 4.90 Å². The SMILES string of the molecule is CN(CCCO)S(=O)(=O)c1ccc(Br)c(F)c1F. The maximum atomic E-state index is 13.6. The van der Waals surface area contributed by atoms with E-state index in [9.17, 15) is 17.2 Å². The van der Waals surface area contributed by atoms with Gasteiger partial charge >= 0.3 is 0 Å². The molecule has 0 aromatic heterocycles. The molecule has 0 saturated heterocycles. The molecule has 0 spiro atoms. The van der Waals surface area contributed by atoms with E-state index in [4.69, 9.17) is 5.11 Å². The smallest absolute Gasteiger partial charge is 0.245 e. The van der Waals surface area contributed by atoms with Crippen LogP contribution in [0.2, 0.25) is 0 Å². The molecule has 8 heteroatoms. The zero-order valence-electron chi connectivity index (χ0n) is 9.53. The van der Waals surface area contributed by atoms with Gasteiger partial charge in [0.15, 0.2) is 11.6 Å². The normalized spacial score (nSPS) is 12.1. The molecule has 0 radical (unpaired) electrons. The molecule has 0 aliphatic heterocycles. The van der Waals surface area contributed by atoms with Crippen LogP contribution in [0.25, 0.3) is 0 Å². The first-order valence-corrected chi connectivity index (χ1v) is 7.26. The van der Waals surface area contributed by atoms with Gasteiger partial charge in [-0.05, 0) is 34.5 Å². The summed E-state index contributed by atoms with van der Waals surface area (Å²) in [6.45, 7) is -0.160. The summed E-state index contributed by atoms with van der Waals surface area (Å²) in [5, 5.41) is 8.62. The molecule has 0 aliphatic rings. The minimum absolute atomic E-state index is 0.0238. The molecular formula is C10H12BrF2NO3S. The highest BCUT2D eigenvalue weighted by Crippen LogP contribution is 2.25. The van der Waals surface area contributed by atoms with E-state index < -0.39 is 26.6 Å². The van der Waals surface area contributed by atoms with Gasteiger partial charge in [-0.2, -0.15) is 0 Å². The minimum atomic E-state index is -4.09. The molecule has 1 N–H and O–H groups in total. The third-order valence-corrected chi connectivity index (χ3v) is 4.81. The predicted octanol–water partition coefficient (Wildman–Crippen LogP) is 1.73. The van der Waals surface area contributed by atoms with Crippen molar-refractivity contribution in [3.8, 4) is 0 Å². The maximum absolute atomic E-state index is 13.6.